The highest BCUT2D eigenvalue weighted by atomic mass is 79.9. The van der Waals surface area contributed by atoms with Crippen molar-refractivity contribution in [1.82, 2.24) is 5.32 Å². The second kappa shape index (κ2) is 8.16. The van der Waals surface area contributed by atoms with Gasteiger partial charge >= 0.3 is 0 Å². The van der Waals surface area contributed by atoms with Crippen molar-refractivity contribution in [1.29, 1.82) is 5.26 Å². The third-order valence-electron chi connectivity index (χ3n) is 3.15. The van der Waals surface area contributed by atoms with Gasteiger partial charge in [0, 0.05) is 16.6 Å². The van der Waals surface area contributed by atoms with Crippen LogP contribution in [0.5, 0.6) is 5.75 Å². The van der Waals surface area contributed by atoms with Gasteiger partial charge in [0.15, 0.2) is 0 Å². The Labute approximate surface area is 143 Å². The fourth-order valence-electron chi connectivity index (χ4n) is 2.00. The number of amides is 1. The number of benzene rings is 2. The summed E-state index contributed by atoms with van der Waals surface area (Å²) in [6.07, 6.45) is 1.52. The number of methoxy groups -OCH3 is 1. The van der Waals surface area contributed by atoms with Crippen molar-refractivity contribution in [2.45, 2.75) is 6.54 Å². The van der Waals surface area contributed by atoms with Gasteiger partial charge in [0.05, 0.1) is 7.11 Å². The number of hydrogen-bond acceptors (Lipinski definition) is 3. The fourth-order valence-corrected chi connectivity index (χ4v) is 2.37. The van der Waals surface area contributed by atoms with Crippen LogP contribution in [0.25, 0.3) is 6.08 Å². The number of ether oxygens (including phenoxy) is 1. The normalized spacial score (nSPS) is 10.7. The van der Waals surface area contributed by atoms with Gasteiger partial charge in [-0.2, -0.15) is 5.26 Å². The van der Waals surface area contributed by atoms with E-state index in [0.29, 0.717) is 17.9 Å². The van der Waals surface area contributed by atoms with Crippen LogP contribution < -0.4 is 10.1 Å². The molecule has 0 aliphatic rings. The Morgan fingerprint density at radius 3 is 2.70 bits per heavy atom. The molecule has 2 aromatic rings. The topological polar surface area (TPSA) is 62.1 Å². The molecule has 0 spiro atoms. The second-order valence-electron chi connectivity index (χ2n) is 4.72. The van der Waals surface area contributed by atoms with E-state index < -0.39 is 5.91 Å². The van der Waals surface area contributed by atoms with Crippen molar-refractivity contribution in [3.8, 4) is 11.8 Å². The van der Waals surface area contributed by atoms with E-state index in [1.807, 2.05) is 42.5 Å². The number of rotatable bonds is 5. The molecule has 2 rings (SSSR count). The van der Waals surface area contributed by atoms with E-state index in [-0.39, 0.29) is 5.57 Å². The lowest BCUT2D eigenvalue weighted by Gasteiger charge is -2.07. The predicted octanol–water partition coefficient (Wildman–Crippen LogP) is 3.68. The monoisotopic (exact) mass is 370 g/mol. The first-order chi connectivity index (χ1) is 11.1. The average Bonchev–Trinajstić information content (AvgIpc) is 2.58. The van der Waals surface area contributed by atoms with Gasteiger partial charge in [0.25, 0.3) is 5.91 Å². The molecule has 0 saturated heterocycles. The Bertz CT molecular complexity index is 764. The minimum atomic E-state index is -0.418. The molecule has 5 heteroatoms. The predicted molar refractivity (Wildman–Crippen MR) is 92.6 cm³/mol. The van der Waals surface area contributed by atoms with E-state index in [4.69, 9.17) is 4.74 Å². The summed E-state index contributed by atoms with van der Waals surface area (Å²) in [5, 5.41) is 12.0. The number of halogens is 1. The summed E-state index contributed by atoms with van der Waals surface area (Å²) in [5.41, 5.74) is 1.66. The molecule has 0 atom stereocenters. The van der Waals surface area contributed by atoms with Crippen LogP contribution in [0.1, 0.15) is 11.1 Å². The van der Waals surface area contributed by atoms with Crippen molar-refractivity contribution >= 4 is 27.9 Å². The van der Waals surface area contributed by atoms with Gasteiger partial charge in [-0.05, 0) is 29.8 Å². The SMILES string of the molecule is COc1ccc(Br)cc1/C=C(\C#N)C(=O)NCc1ccccc1. The summed E-state index contributed by atoms with van der Waals surface area (Å²) in [6.45, 7) is 0.369. The van der Waals surface area contributed by atoms with Crippen LogP contribution in [0.15, 0.2) is 58.6 Å². The van der Waals surface area contributed by atoms with Crippen LogP contribution in [-0.4, -0.2) is 13.0 Å². The third-order valence-corrected chi connectivity index (χ3v) is 3.65. The highest BCUT2D eigenvalue weighted by Gasteiger charge is 2.11. The molecular formula is C18H15BrN2O2. The van der Waals surface area contributed by atoms with Gasteiger partial charge in [0.2, 0.25) is 0 Å². The first-order valence-corrected chi connectivity index (χ1v) is 7.71. The van der Waals surface area contributed by atoms with Crippen LogP contribution >= 0.6 is 15.9 Å². The number of nitrogens with zero attached hydrogens (tertiary/aromatic N) is 1. The van der Waals surface area contributed by atoms with Crippen molar-refractivity contribution in [3.05, 3.63) is 69.7 Å². The number of nitriles is 1. The van der Waals surface area contributed by atoms with Gasteiger partial charge in [-0.25, -0.2) is 0 Å². The highest BCUT2D eigenvalue weighted by Crippen LogP contribution is 2.25. The number of carbonyl (C=O) groups excluding carboxylic acids is 1. The van der Waals surface area contributed by atoms with Crippen LogP contribution in [0.4, 0.5) is 0 Å². The summed E-state index contributed by atoms with van der Waals surface area (Å²) >= 11 is 3.37. The molecule has 0 fully saturated rings. The Kier molecular flexibility index (Phi) is 5.95. The molecule has 0 aromatic heterocycles. The molecule has 0 radical (unpaired) electrons. The molecule has 0 bridgehead atoms. The van der Waals surface area contributed by atoms with Crippen molar-refractivity contribution in [2.75, 3.05) is 7.11 Å². The van der Waals surface area contributed by atoms with E-state index >= 15 is 0 Å². The summed E-state index contributed by atoms with van der Waals surface area (Å²) < 4.78 is 6.09. The van der Waals surface area contributed by atoms with E-state index in [1.54, 1.807) is 19.2 Å². The first kappa shape index (κ1) is 16.8. The van der Waals surface area contributed by atoms with Crippen molar-refractivity contribution < 1.29 is 9.53 Å². The maximum atomic E-state index is 12.2. The molecule has 1 amide bonds. The Hall–Kier alpha value is -2.58. The molecule has 23 heavy (non-hydrogen) atoms. The molecule has 0 unspecified atom stereocenters. The quantitative estimate of drug-likeness (QED) is 0.644. The van der Waals surface area contributed by atoms with E-state index in [2.05, 4.69) is 21.2 Å². The lowest BCUT2D eigenvalue weighted by molar-refractivity contribution is -0.117. The van der Waals surface area contributed by atoms with E-state index in [1.165, 1.54) is 6.08 Å². The smallest absolute Gasteiger partial charge is 0.262 e. The Morgan fingerprint density at radius 2 is 2.04 bits per heavy atom. The fraction of sp³-hybridized carbons (Fsp3) is 0.111. The number of carbonyl (C=O) groups is 1. The molecule has 0 saturated carbocycles. The third kappa shape index (κ3) is 4.70. The van der Waals surface area contributed by atoms with Crippen LogP contribution in [0, 0.1) is 11.3 Å². The second-order valence-corrected chi connectivity index (χ2v) is 5.64. The molecule has 4 nitrogen and oxygen atoms in total. The van der Waals surface area contributed by atoms with Crippen molar-refractivity contribution in [2.24, 2.45) is 0 Å². The Balaban J connectivity index is 2.17. The molecule has 1 N–H and O–H groups in total. The van der Waals surface area contributed by atoms with Gasteiger partial charge in [-0.3, -0.25) is 4.79 Å². The van der Waals surface area contributed by atoms with E-state index in [0.717, 1.165) is 10.0 Å². The molecule has 2 aromatic carbocycles. The lowest BCUT2D eigenvalue weighted by Crippen LogP contribution is -2.23. The maximum Gasteiger partial charge on any atom is 0.262 e. The average molecular weight is 371 g/mol. The number of nitrogens with one attached hydrogen (secondary N) is 1. The lowest BCUT2D eigenvalue weighted by atomic mass is 10.1. The van der Waals surface area contributed by atoms with Gasteiger partial charge in [-0.1, -0.05) is 46.3 Å². The minimum Gasteiger partial charge on any atom is -0.496 e. The summed E-state index contributed by atoms with van der Waals surface area (Å²) in [4.78, 5) is 12.2. The molecule has 0 aliphatic carbocycles. The highest BCUT2D eigenvalue weighted by molar-refractivity contribution is 9.10. The summed E-state index contributed by atoms with van der Waals surface area (Å²) in [5.74, 6) is 0.176. The van der Waals surface area contributed by atoms with Crippen molar-refractivity contribution in [3.63, 3.8) is 0 Å². The molecule has 0 aliphatic heterocycles. The van der Waals surface area contributed by atoms with Gasteiger partial charge in [-0.15, -0.1) is 0 Å². The maximum absolute atomic E-state index is 12.2. The van der Waals surface area contributed by atoms with Crippen LogP contribution in [0.2, 0.25) is 0 Å². The van der Waals surface area contributed by atoms with Gasteiger partial charge < -0.3 is 10.1 Å². The zero-order chi connectivity index (χ0) is 16.7. The Morgan fingerprint density at radius 1 is 1.30 bits per heavy atom. The summed E-state index contributed by atoms with van der Waals surface area (Å²) in [6, 6.07) is 16.9. The molecule has 116 valence electrons. The minimum absolute atomic E-state index is 0.0253. The zero-order valence-corrected chi connectivity index (χ0v) is 14.1. The van der Waals surface area contributed by atoms with Crippen LogP contribution in [-0.2, 0) is 11.3 Å². The first-order valence-electron chi connectivity index (χ1n) is 6.91. The largest absolute Gasteiger partial charge is 0.496 e. The van der Waals surface area contributed by atoms with Gasteiger partial charge in [0.1, 0.15) is 17.4 Å². The summed E-state index contributed by atoms with van der Waals surface area (Å²) in [7, 11) is 1.54. The standard InChI is InChI=1S/C18H15BrN2O2/c1-23-17-8-7-16(19)10-14(17)9-15(11-20)18(22)21-12-13-5-3-2-4-6-13/h2-10H,12H2,1H3,(H,21,22)/b15-9+. The van der Waals surface area contributed by atoms with Crippen LogP contribution in [0.3, 0.4) is 0 Å². The molecule has 0 heterocycles. The zero-order valence-electron chi connectivity index (χ0n) is 12.5. The number of hydrogen-bond donors (Lipinski definition) is 1. The molecular weight excluding hydrogens is 356 g/mol. The van der Waals surface area contributed by atoms with E-state index in [9.17, 15) is 10.1 Å².